The lowest BCUT2D eigenvalue weighted by Crippen LogP contribution is -2.39. The summed E-state index contributed by atoms with van der Waals surface area (Å²) in [5.74, 6) is 1.48. The zero-order chi connectivity index (χ0) is 17.6. The molecule has 2 aromatic rings. The summed E-state index contributed by atoms with van der Waals surface area (Å²) < 4.78 is 2.08. The van der Waals surface area contributed by atoms with Crippen molar-refractivity contribution < 1.29 is 4.79 Å². The fraction of sp³-hybridized carbons (Fsp3) is 0.526. The van der Waals surface area contributed by atoms with Gasteiger partial charge in [-0.05, 0) is 25.3 Å². The van der Waals surface area contributed by atoms with Crippen molar-refractivity contribution in [2.75, 3.05) is 12.8 Å². The van der Waals surface area contributed by atoms with Crippen molar-refractivity contribution in [1.82, 2.24) is 19.7 Å². The minimum absolute atomic E-state index is 0.184. The zero-order valence-corrected chi connectivity index (χ0v) is 15.8. The number of aryl methyl sites for hydroxylation is 1. The Morgan fingerprint density at radius 2 is 1.92 bits per heavy atom. The van der Waals surface area contributed by atoms with E-state index >= 15 is 0 Å². The number of benzene rings is 1. The van der Waals surface area contributed by atoms with Gasteiger partial charge in [0, 0.05) is 13.1 Å². The fourth-order valence-corrected chi connectivity index (χ4v) is 4.22. The van der Waals surface area contributed by atoms with Gasteiger partial charge in [-0.2, -0.15) is 0 Å². The number of rotatable bonds is 6. The molecule has 1 saturated carbocycles. The van der Waals surface area contributed by atoms with E-state index in [1.165, 1.54) is 36.6 Å². The summed E-state index contributed by atoms with van der Waals surface area (Å²) in [6.07, 6.45) is 6.04. The van der Waals surface area contributed by atoms with Crippen LogP contribution in [0.1, 0.15) is 43.5 Å². The summed E-state index contributed by atoms with van der Waals surface area (Å²) >= 11 is 1.49. The molecule has 0 unspecified atom stereocenters. The molecule has 1 fully saturated rings. The number of aromatic nitrogens is 3. The molecule has 1 amide bonds. The van der Waals surface area contributed by atoms with Crippen molar-refractivity contribution in [2.45, 2.75) is 56.8 Å². The smallest absolute Gasteiger partial charge is 0.233 e. The largest absolute Gasteiger partial charge is 0.342 e. The molecule has 0 spiro atoms. The predicted molar refractivity (Wildman–Crippen MR) is 101 cm³/mol. The van der Waals surface area contributed by atoms with Gasteiger partial charge in [0.05, 0.1) is 12.3 Å². The quantitative estimate of drug-likeness (QED) is 0.742. The normalized spacial score (nSPS) is 15.3. The third-order valence-electron chi connectivity index (χ3n) is 4.93. The summed E-state index contributed by atoms with van der Waals surface area (Å²) in [5.41, 5.74) is 1.21. The van der Waals surface area contributed by atoms with Crippen LogP contribution >= 0.6 is 11.8 Å². The highest BCUT2D eigenvalue weighted by Crippen LogP contribution is 2.24. The molecule has 0 atom stereocenters. The van der Waals surface area contributed by atoms with E-state index in [1.807, 2.05) is 37.1 Å². The first-order valence-electron chi connectivity index (χ1n) is 8.97. The van der Waals surface area contributed by atoms with Crippen LogP contribution in [0.15, 0.2) is 35.5 Å². The Bertz CT molecular complexity index is 695. The van der Waals surface area contributed by atoms with E-state index in [2.05, 4.69) is 26.9 Å². The second-order valence-electron chi connectivity index (χ2n) is 6.69. The number of thioether (sulfide) groups is 1. The number of hydrogen-bond donors (Lipinski definition) is 0. The summed E-state index contributed by atoms with van der Waals surface area (Å²) in [5, 5.41) is 9.27. The lowest BCUT2D eigenvalue weighted by atomic mass is 9.94. The van der Waals surface area contributed by atoms with Crippen LogP contribution in [0.2, 0.25) is 0 Å². The Balaban J connectivity index is 1.60. The molecule has 5 nitrogen and oxygen atoms in total. The fourth-order valence-electron chi connectivity index (χ4n) is 3.32. The molecule has 0 N–H and O–H groups in total. The minimum atomic E-state index is 0.184. The van der Waals surface area contributed by atoms with Gasteiger partial charge in [-0.25, -0.2) is 0 Å². The lowest BCUT2D eigenvalue weighted by Gasteiger charge is -2.31. The Hall–Kier alpha value is -1.82. The summed E-state index contributed by atoms with van der Waals surface area (Å²) in [7, 11) is 1.94. The zero-order valence-electron chi connectivity index (χ0n) is 15.0. The maximum absolute atomic E-state index is 12.5. The molecule has 1 aliphatic rings. The molecule has 25 heavy (non-hydrogen) atoms. The van der Waals surface area contributed by atoms with Crippen molar-refractivity contribution in [2.24, 2.45) is 0 Å². The first-order valence-corrected chi connectivity index (χ1v) is 9.96. The maximum Gasteiger partial charge on any atom is 0.233 e. The molecule has 134 valence electrons. The Kier molecular flexibility index (Phi) is 6.13. The Morgan fingerprint density at radius 1 is 1.20 bits per heavy atom. The van der Waals surface area contributed by atoms with Gasteiger partial charge in [0.25, 0.3) is 0 Å². The highest BCUT2D eigenvalue weighted by Gasteiger charge is 2.22. The van der Waals surface area contributed by atoms with E-state index in [9.17, 15) is 4.79 Å². The number of nitrogens with zero attached hydrogens (tertiary/aromatic N) is 4. The van der Waals surface area contributed by atoms with Gasteiger partial charge in [0.1, 0.15) is 5.82 Å². The van der Waals surface area contributed by atoms with E-state index < -0.39 is 0 Å². The van der Waals surface area contributed by atoms with Crippen LogP contribution in [0.4, 0.5) is 0 Å². The second kappa shape index (κ2) is 8.52. The molecule has 1 aromatic carbocycles. The first-order chi connectivity index (χ1) is 12.1. The molecule has 0 radical (unpaired) electrons. The minimum Gasteiger partial charge on any atom is -0.342 e. The van der Waals surface area contributed by atoms with Crippen LogP contribution < -0.4 is 0 Å². The molecule has 0 bridgehead atoms. The van der Waals surface area contributed by atoms with Crippen molar-refractivity contribution in [1.29, 1.82) is 0 Å². The third kappa shape index (κ3) is 4.63. The van der Waals surface area contributed by atoms with E-state index in [4.69, 9.17) is 0 Å². The van der Waals surface area contributed by atoms with Gasteiger partial charge in [0.2, 0.25) is 5.91 Å². The van der Waals surface area contributed by atoms with Gasteiger partial charge in [-0.15, -0.1) is 10.2 Å². The summed E-state index contributed by atoms with van der Waals surface area (Å²) in [6.45, 7) is 2.69. The highest BCUT2D eigenvalue weighted by atomic mass is 32.2. The molecule has 6 heteroatoms. The maximum atomic E-state index is 12.5. The van der Waals surface area contributed by atoms with Crippen molar-refractivity contribution in [3.05, 3.63) is 41.7 Å². The van der Waals surface area contributed by atoms with Crippen molar-refractivity contribution in [3.63, 3.8) is 0 Å². The Morgan fingerprint density at radius 3 is 2.64 bits per heavy atom. The van der Waals surface area contributed by atoms with Crippen LogP contribution in [-0.4, -0.2) is 44.4 Å². The summed E-state index contributed by atoms with van der Waals surface area (Å²) in [6, 6.07) is 10.7. The number of hydrogen-bond acceptors (Lipinski definition) is 4. The second-order valence-corrected chi connectivity index (χ2v) is 7.63. The topological polar surface area (TPSA) is 51.0 Å². The van der Waals surface area contributed by atoms with Crippen LogP contribution in [-0.2, 0) is 11.3 Å². The monoisotopic (exact) mass is 358 g/mol. The van der Waals surface area contributed by atoms with Gasteiger partial charge in [0.15, 0.2) is 5.16 Å². The van der Waals surface area contributed by atoms with Crippen LogP contribution in [0.3, 0.4) is 0 Å². The average Bonchev–Trinajstić information content (AvgIpc) is 3.00. The van der Waals surface area contributed by atoms with Gasteiger partial charge >= 0.3 is 0 Å². The number of carbonyl (C=O) groups excluding carboxylic acids is 1. The predicted octanol–water partition coefficient (Wildman–Crippen LogP) is 3.52. The molecule has 1 aromatic heterocycles. The van der Waals surface area contributed by atoms with Crippen LogP contribution in [0.25, 0.3) is 0 Å². The SMILES string of the molecule is Cc1nnc(SCC(=O)N(C)C2CCCCC2)n1Cc1ccccc1. The van der Waals surface area contributed by atoms with Crippen LogP contribution in [0, 0.1) is 6.92 Å². The van der Waals surface area contributed by atoms with E-state index in [0.717, 1.165) is 30.4 Å². The van der Waals surface area contributed by atoms with E-state index in [1.54, 1.807) is 0 Å². The summed E-state index contributed by atoms with van der Waals surface area (Å²) in [4.78, 5) is 14.5. The highest BCUT2D eigenvalue weighted by molar-refractivity contribution is 7.99. The molecular formula is C19H26N4OS. The molecular weight excluding hydrogens is 332 g/mol. The first kappa shape index (κ1) is 18.0. The molecule has 3 rings (SSSR count). The van der Waals surface area contributed by atoms with Gasteiger partial charge < -0.3 is 9.47 Å². The van der Waals surface area contributed by atoms with E-state index in [0.29, 0.717) is 11.8 Å². The lowest BCUT2D eigenvalue weighted by molar-refractivity contribution is -0.129. The standard InChI is InChI=1S/C19H26N4OS/c1-15-20-21-19(23(15)13-16-9-5-3-6-10-16)25-14-18(24)22(2)17-11-7-4-8-12-17/h3,5-6,9-10,17H,4,7-8,11-14H2,1-2H3. The third-order valence-corrected chi connectivity index (χ3v) is 5.88. The Labute approximate surface area is 153 Å². The van der Waals surface area contributed by atoms with Gasteiger partial charge in [-0.3, -0.25) is 4.79 Å². The van der Waals surface area contributed by atoms with E-state index in [-0.39, 0.29) is 5.91 Å². The molecule has 0 saturated heterocycles. The number of carbonyl (C=O) groups is 1. The van der Waals surface area contributed by atoms with Crippen LogP contribution in [0.5, 0.6) is 0 Å². The molecule has 1 heterocycles. The molecule has 1 aliphatic carbocycles. The van der Waals surface area contributed by atoms with Crippen molar-refractivity contribution >= 4 is 17.7 Å². The molecule has 0 aliphatic heterocycles. The average molecular weight is 359 g/mol. The van der Waals surface area contributed by atoms with Crippen molar-refractivity contribution in [3.8, 4) is 0 Å². The number of amides is 1. The van der Waals surface area contributed by atoms with Gasteiger partial charge in [-0.1, -0.05) is 61.4 Å².